The molecule has 0 aromatic heterocycles. The van der Waals surface area contributed by atoms with Gasteiger partial charge in [-0.15, -0.1) is 0 Å². The van der Waals surface area contributed by atoms with Gasteiger partial charge < -0.3 is 49.2 Å². The van der Waals surface area contributed by atoms with Crippen molar-refractivity contribution in [3.05, 3.63) is 29.8 Å². The molecule has 12 nitrogen and oxygen atoms in total. The molecule has 5 aliphatic rings. The molecule has 1 aromatic carbocycles. The molecule has 2 heterocycles. The second-order valence-corrected chi connectivity index (χ2v) is 11.1. The average Bonchev–Trinajstić information content (AvgIpc) is 2.98. The van der Waals surface area contributed by atoms with E-state index in [1.165, 1.54) is 24.3 Å². The van der Waals surface area contributed by atoms with Gasteiger partial charge in [0.05, 0.1) is 17.6 Å². The van der Waals surface area contributed by atoms with Crippen molar-refractivity contribution in [3.63, 3.8) is 0 Å². The smallest absolute Gasteiger partial charge is 0.338 e. The van der Waals surface area contributed by atoms with Gasteiger partial charge in [-0.1, -0.05) is 13.3 Å². The number of ether oxygens (including phenoxy) is 5. The summed E-state index contributed by atoms with van der Waals surface area (Å²) in [5, 5.41) is 50.5. The van der Waals surface area contributed by atoms with Crippen LogP contribution >= 0.6 is 0 Å². The molecule has 6 rings (SSSR count). The molecule has 1 aromatic rings. The van der Waals surface area contributed by atoms with Crippen molar-refractivity contribution >= 4 is 11.8 Å². The largest absolute Gasteiger partial charge is 0.508 e. The molecular formula is C27H36O12. The summed E-state index contributed by atoms with van der Waals surface area (Å²) in [5.41, 5.74) is -3.69. The average molecular weight is 553 g/mol. The zero-order chi connectivity index (χ0) is 28.2. The number of aliphatic hydroxyl groups excluding tert-OH is 4. The van der Waals surface area contributed by atoms with E-state index in [1.807, 2.05) is 6.92 Å². The first-order valence-electron chi connectivity index (χ1n) is 13.3. The molecule has 3 saturated carbocycles. The topological polar surface area (TPSA) is 181 Å². The Bertz CT molecular complexity index is 1080. The predicted octanol–water partition coefficient (Wildman–Crippen LogP) is 0.0151. The standard InChI is InChI=1S/C27H36O12/c1-3-4-9-35-24-26(13-36-22(34)14-5-7-15(29)8-6-14)16-10-27(26,25(2,39-24)11-17(16)30)38-23-21(33)20(32)19(31)18(12-28)37-23/h5-8,16,18-21,23-24,28-29,31-33H,3-4,9-13H2,1-2H3/t16-,18+,19+,20-,21+,23-,24-,25-,26-,27-/m0/s1. The van der Waals surface area contributed by atoms with Gasteiger partial charge in [0, 0.05) is 18.9 Å². The SMILES string of the molecule is CCCCO[C@H]1O[C@@]2(C)CC(=O)[C@@H]3C[C@@]2(O[C@@H]2O[C@H](CO)[C@@H](O)[C@H](O)[C@H]2O)[C@]13COC(=O)c1ccc(O)cc1. The number of aliphatic hydroxyl groups is 4. The van der Waals surface area contributed by atoms with Gasteiger partial charge in [-0.2, -0.15) is 0 Å². The van der Waals surface area contributed by atoms with Crippen LogP contribution in [0.15, 0.2) is 24.3 Å². The van der Waals surface area contributed by atoms with E-state index < -0.39 is 72.1 Å². The molecule has 3 aliphatic carbocycles. The van der Waals surface area contributed by atoms with Crippen molar-refractivity contribution in [3.8, 4) is 5.75 Å². The monoisotopic (exact) mass is 552 g/mol. The second-order valence-electron chi connectivity index (χ2n) is 11.1. The number of phenols is 1. The van der Waals surface area contributed by atoms with Crippen molar-refractivity contribution in [1.29, 1.82) is 0 Å². The molecule has 12 heteroatoms. The van der Waals surface area contributed by atoms with Crippen LogP contribution < -0.4 is 0 Å². The van der Waals surface area contributed by atoms with Crippen LogP contribution in [-0.4, -0.2) is 105 Å². The fraction of sp³-hybridized carbons (Fsp3) is 0.704. The van der Waals surface area contributed by atoms with Gasteiger partial charge in [0.1, 0.15) is 53.8 Å². The Labute approximate surface area is 225 Å². The van der Waals surface area contributed by atoms with E-state index in [0.717, 1.165) is 12.8 Å². The fourth-order valence-corrected chi connectivity index (χ4v) is 6.66. The van der Waals surface area contributed by atoms with Crippen molar-refractivity contribution in [1.82, 2.24) is 0 Å². The normalized spacial score (nSPS) is 42.7. The van der Waals surface area contributed by atoms with E-state index in [1.54, 1.807) is 6.92 Å². The van der Waals surface area contributed by atoms with Crippen molar-refractivity contribution in [2.75, 3.05) is 19.8 Å². The molecular weight excluding hydrogens is 516 g/mol. The van der Waals surface area contributed by atoms with E-state index >= 15 is 0 Å². The van der Waals surface area contributed by atoms with Crippen LogP contribution in [-0.2, 0) is 28.5 Å². The molecule has 0 spiro atoms. The van der Waals surface area contributed by atoms with Gasteiger partial charge in [0.25, 0.3) is 0 Å². The number of benzene rings is 1. The molecule has 5 N–H and O–H groups in total. The first-order valence-corrected chi connectivity index (χ1v) is 13.3. The summed E-state index contributed by atoms with van der Waals surface area (Å²) in [6, 6.07) is 5.53. The Balaban J connectivity index is 1.49. The van der Waals surface area contributed by atoms with Gasteiger partial charge in [0.15, 0.2) is 12.6 Å². The minimum Gasteiger partial charge on any atom is -0.508 e. The lowest BCUT2D eigenvalue weighted by Crippen LogP contribution is -2.80. The molecule has 0 radical (unpaired) electrons. The highest BCUT2D eigenvalue weighted by Gasteiger charge is 2.87. The number of phenolic OH excluding ortho intramolecular Hbond substituents is 1. The van der Waals surface area contributed by atoms with Crippen LogP contribution in [0.1, 0.15) is 49.9 Å². The highest BCUT2D eigenvalue weighted by molar-refractivity contribution is 5.90. The summed E-state index contributed by atoms with van der Waals surface area (Å²) in [6.45, 7) is 3.07. The van der Waals surface area contributed by atoms with E-state index in [4.69, 9.17) is 23.7 Å². The van der Waals surface area contributed by atoms with Crippen molar-refractivity contribution in [2.45, 2.75) is 87.7 Å². The Kier molecular flexibility index (Phi) is 7.53. The maximum atomic E-state index is 13.3. The lowest BCUT2D eigenvalue weighted by Gasteiger charge is -2.66. The Hall–Kier alpha value is -2.16. The van der Waals surface area contributed by atoms with Crippen molar-refractivity contribution < 1.29 is 58.8 Å². The Morgan fingerprint density at radius 2 is 1.85 bits per heavy atom. The minimum absolute atomic E-state index is 0.0134. The summed E-state index contributed by atoms with van der Waals surface area (Å²) < 4.78 is 30.4. The first-order chi connectivity index (χ1) is 18.5. The number of esters is 1. The molecule has 216 valence electrons. The Morgan fingerprint density at radius 1 is 1.13 bits per heavy atom. The third kappa shape index (κ3) is 4.20. The molecule has 5 fully saturated rings. The molecule has 2 saturated heterocycles. The number of aromatic hydroxyl groups is 1. The van der Waals surface area contributed by atoms with E-state index in [2.05, 4.69) is 0 Å². The summed E-state index contributed by atoms with van der Waals surface area (Å²) >= 11 is 0. The van der Waals surface area contributed by atoms with E-state index in [0.29, 0.717) is 6.61 Å². The van der Waals surface area contributed by atoms with Crippen LogP contribution in [0.25, 0.3) is 0 Å². The molecule has 2 aliphatic heterocycles. The number of carbonyl (C=O) groups is 2. The molecule has 39 heavy (non-hydrogen) atoms. The maximum Gasteiger partial charge on any atom is 0.338 e. The predicted molar refractivity (Wildman–Crippen MR) is 130 cm³/mol. The van der Waals surface area contributed by atoms with Crippen LogP contribution in [0.2, 0.25) is 0 Å². The maximum absolute atomic E-state index is 13.3. The van der Waals surface area contributed by atoms with Crippen molar-refractivity contribution in [2.24, 2.45) is 11.3 Å². The number of hydrogen-bond donors (Lipinski definition) is 5. The molecule has 0 amide bonds. The first kappa shape index (κ1) is 28.4. The second kappa shape index (κ2) is 10.3. The Morgan fingerprint density at radius 3 is 2.51 bits per heavy atom. The lowest BCUT2D eigenvalue weighted by atomic mass is 9.41. The van der Waals surface area contributed by atoms with Gasteiger partial charge in [-0.05, 0) is 44.0 Å². The van der Waals surface area contributed by atoms with Crippen LogP contribution in [0.4, 0.5) is 0 Å². The van der Waals surface area contributed by atoms with E-state index in [9.17, 15) is 35.1 Å². The third-order valence-electron chi connectivity index (χ3n) is 8.89. The lowest BCUT2D eigenvalue weighted by molar-refractivity contribution is -0.382. The fourth-order valence-electron chi connectivity index (χ4n) is 6.66. The molecule has 4 bridgehead atoms. The van der Waals surface area contributed by atoms with Gasteiger partial charge in [0.2, 0.25) is 0 Å². The zero-order valence-electron chi connectivity index (χ0n) is 21.9. The zero-order valence-corrected chi connectivity index (χ0v) is 21.9. The number of unbranched alkanes of at least 4 members (excludes halogenated alkanes) is 1. The third-order valence-corrected chi connectivity index (χ3v) is 8.89. The number of rotatable bonds is 10. The van der Waals surface area contributed by atoms with Gasteiger partial charge in [-0.3, -0.25) is 4.79 Å². The van der Waals surface area contributed by atoms with Crippen LogP contribution in [0.5, 0.6) is 5.75 Å². The highest BCUT2D eigenvalue weighted by Crippen LogP contribution is 2.74. The minimum atomic E-state index is -1.67. The summed E-state index contributed by atoms with van der Waals surface area (Å²) in [4.78, 5) is 26.2. The quantitative estimate of drug-likeness (QED) is 0.194. The number of Topliss-reactive ketones (excluding diaryl/α,β-unsaturated/α-hetero) is 1. The van der Waals surface area contributed by atoms with Gasteiger partial charge >= 0.3 is 5.97 Å². The van der Waals surface area contributed by atoms with Gasteiger partial charge in [-0.25, -0.2) is 4.79 Å². The van der Waals surface area contributed by atoms with Crippen LogP contribution in [0, 0.1) is 11.3 Å². The highest BCUT2D eigenvalue weighted by atomic mass is 16.8. The molecule has 0 unspecified atom stereocenters. The summed E-state index contributed by atoms with van der Waals surface area (Å²) in [7, 11) is 0. The number of carbonyl (C=O) groups excluding carboxylic acids is 2. The number of fused-ring (bicyclic) bond motifs is 1. The van der Waals surface area contributed by atoms with E-state index in [-0.39, 0.29) is 36.5 Å². The van der Waals surface area contributed by atoms with Crippen LogP contribution in [0.3, 0.4) is 0 Å². The molecule has 10 atom stereocenters. The number of ketones is 1. The summed E-state index contributed by atoms with van der Waals surface area (Å²) in [5.74, 6) is -1.44. The number of hydrogen-bond acceptors (Lipinski definition) is 12. The summed E-state index contributed by atoms with van der Waals surface area (Å²) in [6.07, 6.45) is -6.86.